The summed E-state index contributed by atoms with van der Waals surface area (Å²) < 4.78 is 0. The first-order valence-electron chi connectivity index (χ1n) is 10.8. The Morgan fingerprint density at radius 1 is 1.13 bits per heavy atom. The number of anilines is 2. The van der Waals surface area contributed by atoms with Gasteiger partial charge in [0.05, 0.1) is 17.4 Å². The van der Waals surface area contributed by atoms with Crippen molar-refractivity contribution >= 4 is 17.3 Å². The fraction of sp³-hybridized carbons (Fsp3) is 0.280. The molecule has 5 rings (SSSR count). The summed E-state index contributed by atoms with van der Waals surface area (Å²) in [6.07, 6.45) is 5.16. The number of nitrogens with one attached hydrogen (secondary N) is 2. The molecule has 6 heteroatoms. The number of benzene rings is 2. The Hall–Kier alpha value is -3.38. The van der Waals surface area contributed by atoms with Crippen molar-refractivity contribution in [2.75, 3.05) is 29.9 Å². The van der Waals surface area contributed by atoms with Gasteiger partial charge >= 0.3 is 5.97 Å². The lowest BCUT2D eigenvalue weighted by molar-refractivity contribution is 0.0697. The van der Waals surface area contributed by atoms with Crippen LogP contribution in [0.4, 0.5) is 11.4 Å². The number of carboxylic acids is 1. The summed E-state index contributed by atoms with van der Waals surface area (Å²) in [4.78, 5) is 18.0. The fourth-order valence-electron chi connectivity index (χ4n) is 4.67. The number of aromatic carboxylic acids is 1. The second-order valence-corrected chi connectivity index (χ2v) is 8.19. The molecule has 0 saturated heterocycles. The van der Waals surface area contributed by atoms with Crippen LogP contribution in [0.2, 0.25) is 0 Å². The van der Waals surface area contributed by atoms with Crippen LogP contribution in [-0.2, 0) is 19.4 Å². The predicted molar refractivity (Wildman–Crippen MR) is 122 cm³/mol. The van der Waals surface area contributed by atoms with Gasteiger partial charge in [0.15, 0.2) is 0 Å². The normalized spacial score (nSPS) is 17.5. The summed E-state index contributed by atoms with van der Waals surface area (Å²) in [5, 5.41) is 16.2. The number of fused-ring (bicyclic) bond motifs is 2. The zero-order chi connectivity index (χ0) is 21.2. The Bertz CT molecular complexity index is 1110. The first-order valence-corrected chi connectivity index (χ1v) is 10.8. The van der Waals surface area contributed by atoms with Crippen LogP contribution in [0.25, 0.3) is 0 Å². The van der Waals surface area contributed by atoms with Crippen molar-refractivity contribution in [2.24, 2.45) is 0 Å². The first kappa shape index (κ1) is 19.6. The highest BCUT2D eigenvalue weighted by atomic mass is 16.4. The highest BCUT2D eigenvalue weighted by molar-refractivity contribution is 5.93. The third-order valence-electron chi connectivity index (χ3n) is 6.33. The zero-order valence-electron chi connectivity index (χ0n) is 17.3. The molecule has 0 amide bonds. The molecule has 1 atom stereocenters. The first-order chi connectivity index (χ1) is 15.2. The van der Waals surface area contributed by atoms with E-state index in [4.69, 9.17) is 0 Å². The van der Waals surface area contributed by atoms with Crippen LogP contribution in [0, 0.1) is 0 Å². The highest BCUT2D eigenvalue weighted by Gasteiger charge is 2.23. The second-order valence-electron chi connectivity index (χ2n) is 8.19. The van der Waals surface area contributed by atoms with Crippen LogP contribution >= 0.6 is 0 Å². The Labute approximate surface area is 181 Å². The van der Waals surface area contributed by atoms with Gasteiger partial charge in [-0.05, 0) is 59.8 Å². The molecule has 3 aromatic rings. The monoisotopic (exact) mass is 414 g/mol. The van der Waals surface area contributed by atoms with Crippen molar-refractivity contribution in [3.05, 3.63) is 88.7 Å². The number of aromatic nitrogens is 1. The summed E-state index contributed by atoms with van der Waals surface area (Å²) in [5.41, 5.74) is 7.60. The maximum absolute atomic E-state index is 11.4. The Morgan fingerprint density at radius 3 is 2.87 bits per heavy atom. The standard InChI is InChI=1S/C25H26N4O2/c30-25(31)22-8-10-26-14-23(22)28-15-24-21-6-5-20(13-18(21)7-11-27-24)29-12-9-17-3-1-2-4-19(17)16-29/h1-6,8,10,13-14,24,27-28H,7,9,11-12,15-16H2,(H,30,31)/t24-/m1/s1. The lowest BCUT2D eigenvalue weighted by atomic mass is 9.92. The minimum absolute atomic E-state index is 0.127. The van der Waals surface area contributed by atoms with Gasteiger partial charge in [0.1, 0.15) is 0 Å². The van der Waals surface area contributed by atoms with Gasteiger partial charge in [-0.3, -0.25) is 4.98 Å². The van der Waals surface area contributed by atoms with Gasteiger partial charge in [-0.15, -0.1) is 0 Å². The van der Waals surface area contributed by atoms with E-state index in [0.29, 0.717) is 12.2 Å². The molecule has 0 fully saturated rings. The maximum Gasteiger partial charge on any atom is 0.337 e. The second kappa shape index (κ2) is 8.40. The molecule has 0 saturated carbocycles. The minimum Gasteiger partial charge on any atom is -0.478 e. The molecule has 0 spiro atoms. The van der Waals surface area contributed by atoms with Gasteiger partial charge in [0.25, 0.3) is 0 Å². The van der Waals surface area contributed by atoms with Gasteiger partial charge in [-0.1, -0.05) is 30.3 Å². The lowest BCUT2D eigenvalue weighted by Gasteiger charge is -2.33. The van der Waals surface area contributed by atoms with E-state index in [0.717, 1.165) is 32.5 Å². The van der Waals surface area contributed by atoms with E-state index in [1.54, 1.807) is 6.20 Å². The molecule has 0 aliphatic carbocycles. The predicted octanol–water partition coefficient (Wildman–Crippen LogP) is 3.64. The molecule has 3 N–H and O–H groups in total. The molecule has 31 heavy (non-hydrogen) atoms. The van der Waals surface area contributed by atoms with E-state index >= 15 is 0 Å². The van der Waals surface area contributed by atoms with Gasteiger partial charge in [-0.2, -0.15) is 0 Å². The lowest BCUT2D eigenvalue weighted by Crippen LogP contribution is -2.35. The average Bonchev–Trinajstić information content (AvgIpc) is 2.82. The number of hydrogen-bond acceptors (Lipinski definition) is 5. The number of hydrogen-bond donors (Lipinski definition) is 3. The number of carbonyl (C=O) groups is 1. The van der Waals surface area contributed by atoms with Gasteiger partial charge in [-0.25, -0.2) is 4.79 Å². The third-order valence-corrected chi connectivity index (χ3v) is 6.33. The van der Waals surface area contributed by atoms with Crippen LogP contribution in [-0.4, -0.2) is 35.7 Å². The SMILES string of the molecule is O=C(O)c1ccncc1NC[C@H]1NCCc2cc(N3CCc4ccccc4C3)ccc21. The molecule has 0 unspecified atom stereocenters. The molecular weight excluding hydrogens is 388 g/mol. The third kappa shape index (κ3) is 3.99. The van der Waals surface area contributed by atoms with Crippen LogP contribution in [0.1, 0.15) is 38.7 Å². The molecule has 0 bridgehead atoms. The molecule has 6 nitrogen and oxygen atoms in total. The van der Waals surface area contributed by atoms with Crippen molar-refractivity contribution < 1.29 is 9.90 Å². The Kier molecular flexibility index (Phi) is 5.30. The van der Waals surface area contributed by atoms with Crippen molar-refractivity contribution in [2.45, 2.75) is 25.4 Å². The van der Waals surface area contributed by atoms with Gasteiger partial charge in [0, 0.05) is 37.6 Å². The highest BCUT2D eigenvalue weighted by Crippen LogP contribution is 2.30. The van der Waals surface area contributed by atoms with Crippen molar-refractivity contribution in [1.82, 2.24) is 10.3 Å². The summed E-state index contributed by atoms with van der Waals surface area (Å²) >= 11 is 0. The van der Waals surface area contributed by atoms with Crippen LogP contribution < -0.4 is 15.5 Å². The number of nitrogens with zero attached hydrogens (tertiary/aromatic N) is 2. The molecular formula is C25H26N4O2. The van der Waals surface area contributed by atoms with Crippen molar-refractivity contribution in [3.8, 4) is 0 Å². The summed E-state index contributed by atoms with van der Waals surface area (Å²) in [6, 6.07) is 17.2. The Morgan fingerprint density at radius 2 is 2.00 bits per heavy atom. The van der Waals surface area contributed by atoms with E-state index in [-0.39, 0.29) is 11.6 Å². The molecule has 2 aliphatic rings. The fourth-order valence-corrected chi connectivity index (χ4v) is 4.67. The van der Waals surface area contributed by atoms with Crippen molar-refractivity contribution in [3.63, 3.8) is 0 Å². The molecule has 2 aliphatic heterocycles. The Balaban J connectivity index is 1.32. The van der Waals surface area contributed by atoms with E-state index < -0.39 is 5.97 Å². The average molecular weight is 415 g/mol. The largest absolute Gasteiger partial charge is 0.478 e. The summed E-state index contributed by atoms with van der Waals surface area (Å²) in [6.45, 7) is 3.51. The van der Waals surface area contributed by atoms with Crippen LogP contribution in [0.3, 0.4) is 0 Å². The molecule has 0 radical (unpaired) electrons. The zero-order valence-corrected chi connectivity index (χ0v) is 17.3. The van der Waals surface area contributed by atoms with Crippen LogP contribution in [0.15, 0.2) is 60.9 Å². The van der Waals surface area contributed by atoms with Gasteiger partial charge < -0.3 is 20.6 Å². The quantitative estimate of drug-likeness (QED) is 0.592. The molecule has 158 valence electrons. The van der Waals surface area contributed by atoms with Crippen molar-refractivity contribution in [1.29, 1.82) is 0 Å². The number of carboxylic acid groups (broad SMARTS) is 1. The topological polar surface area (TPSA) is 77.5 Å². The minimum atomic E-state index is -0.949. The number of rotatable bonds is 5. The van der Waals surface area contributed by atoms with E-state index in [2.05, 4.69) is 63.0 Å². The van der Waals surface area contributed by atoms with E-state index in [9.17, 15) is 9.90 Å². The molecule has 3 heterocycles. The van der Waals surface area contributed by atoms with E-state index in [1.165, 1.54) is 40.2 Å². The smallest absolute Gasteiger partial charge is 0.337 e. The van der Waals surface area contributed by atoms with E-state index in [1.807, 2.05) is 0 Å². The van der Waals surface area contributed by atoms with Gasteiger partial charge in [0.2, 0.25) is 0 Å². The summed E-state index contributed by atoms with van der Waals surface area (Å²) in [7, 11) is 0. The number of pyridine rings is 1. The van der Waals surface area contributed by atoms with Crippen LogP contribution in [0.5, 0.6) is 0 Å². The molecule has 1 aromatic heterocycles. The summed E-state index contributed by atoms with van der Waals surface area (Å²) in [5.74, 6) is -0.949. The molecule has 2 aromatic carbocycles. The maximum atomic E-state index is 11.4.